The maximum Gasteiger partial charge on any atom is 0.308 e. The Morgan fingerprint density at radius 1 is 1.10 bits per heavy atom. The highest BCUT2D eigenvalue weighted by atomic mass is 16.5. The first-order chi connectivity index (χ1) is 9.29. The quantitative estimate of drug-likeness (QED) is 0.650. The van der Waals surface area contributed by atoms with Gasteiger partial charge in [-0.05, 0) is 37.3 Å². The molecule has 0 aliphatic carbocycles. The van der Waals surface area contributed by atoms with Crippen LogP contribution in [0, 0.1) is 23.7 Å². The Balaban J connectivity index is 4.33. The third-order valence-corrected chi connectivity index (χ3v) is 3.44. The van der Waals surface area contributed by atoms with E-state index in [1.54, 1.807) is 0 Å². The largest absolute Gasteiger partial charge is 0.462 e. The Hall–Kier alpha value is -0.990. The monoisotopic (exact) mass is 283 g/mol. The molecule has 0 bridgehead atoms. The fraction of sp³-hybridized carbons (Fsp3) is 0.824. The van der Waals surface area contributed by atoms with Crippen molar-refractivity contribution in [2.45, 2.75) is 61.0 Å². The van der Waals surface area contributed by atoms with E-state index in [9.17, 15) is 4.79 Å². The zero-order valence-electron chi connectivity index (χ0n) is 14.3. The van der Waals surface area contributed by atoms with E-state index in [0.29, 0.717) is 17.8 Å². The molecule has 2 atom stereocenters. The summed E-state index contributed by atoms with van der Waals surface area (Å²) in [5.41, 5.74) is 0. The molecule has 0 aromatic carbocycles. The standard InChI is InChI=1S/C17H33NO2/c1-8-18-10-9-14(6)11-15(7)17(19)20-16(12(2)3)13(4)5/h9-10,12-16,18H,8,11H2,1-7H3/b10-9-. The van der Waals surface area contributed by atoms with Gasteiger partial charge in [-0.2, -0.15) is 0 Å². The van der Waals surface area contributed by atoms with Crippen LogP contribution >= 0.6 is 0 Å². The maximum atomic E-state index is 12.2. The van der Waals surface area contributed by atoms with Crippen LogP contribution in [0.3, 0.4) is 0 Å². The van der Waals surface area contributed by atoms with Crippen LogP contribution in [-0.2, 0) is 9.53 Å². The third-order valence-electron chi connectivity index (χ3n) is 3.44. The van der Waals surface area contributed by atoms with E-state index in [2.05, 4.69) is 52.9 Å². The van der Waals surface area contributed by atoms with Gasteiger partial charge in [0.05, 0.1) is 5.92 Å². The summed E-state index contributed by atoms with van der Waals surface area (Å²) in [4.78, 5) is 12.2. The van der Waals surface area contributed by atoms with E-state index in [1.807, 2.05) is 13.1 Å². The third kappa shape index (κ3) is 7.56. The van der Waals surface area contributed by atoms with Crippen LogP contribution < -0.4 is 5.32 Å². The molecular weight excluding hydrogens is 250 g/mol. The first-order valence-corrected chi connectivity index (χ1v) is 7.90. The molecule has 0 aromatic heterocycles. The molecule has 3 nitrogen and oxygen atoms in total. The molecule has 0 amide bonds. The molecule has 118 valence electrons. The van der Waals surface area contributed by atoms with E-state index >= 15 is 0 Å². The summed E-state index contributed by atoms with van der Waals surface area (Å²) < 4.78 is 5.68. The lowest BCUT2D eigenvalue weighted by molar-refractivity contribution is -0.158. The van der Waals surface area contributed by atoms with Crippen molar-refractivity contribution in [1.29, 1.82) is 0 Å². The average Bonchev–Trinajstić information content (AvgIpc) is 2.34. The lowest BCUT2D eigenvalue weighted by atomic mass is 9.94. The molecule has 2 unspecified atom stereocenters. The summed E-state index contributed by atoms with van der Waals surface area (Å²) >= 11 is 0. The van der Waals surface area contributed by atoms with Crippen molar-refractivity contribution < 1.29 is 9.53 Å². The predicted molar refractivity (Wildman–Crippen MR) is 85.3 cm³/mol. The van der Waals surface area contributed by atoms with Crippen molar-refractivity contribution in [3.63, 3.8) is 0 Å². The minimum Gasteiger partial charge on any atom is -0.462 e. The average molecular weight is 283 g/mol. The van der Waals surface area contributed by atoms with Crippen LogP contribution in [-0.4, -0.2) is 18.6 Å². The molecule has 20 heavy (non-hydrogen) atoms. The van der Waals surface area contributed by atoms with Gasteiger partial charge in [0, 0.05) is 6.54 Å². The Bertz CT molecular complexity index is 289. The Morgan fingerprint density at radius 2 is 1.65 bits per heavy atom. The van der Waals surface area contributed by atoms with Crippen LogP contribution in [0.5, 0.6) is 0 Å². The first-order valence-electron chi connectivity index (χ1n) is 7.90. The van der Waals surface area contributed by atoms with Gasteiger partial charge in [-0.15, -0.1) is 0 Å². The van der Waals surface area contributed by atoms with E-state index in [1.165, 1.54) is 0 Å². The Morgan fingerprint density at radius 3 is 2.10 bits per heavy atom. The van der Waals surface area contributed by atoms with Gasteiger partial charge in [-0.3, -0.25) is 4.79 Å². The summed E-state index contributed by atoms with van der Waals surface area (Å²) in [6, 6.07) is 0. The Labute approximate surface area is 125 Å². The van der Waals surface area contributed by atoms with Gasteiger partial charge in [-0.25, -0.2) is 0 Å². The zero-order chi connectivity index (χ0) is 15.7. The van der Waals surface area contributed by atoms with Gasteiger partial charge in [0.2, 0.25) is 0 Å². The van der Waals surface area contributed by atoms with Crippen molar-refractivity contribution >= 4 is 5.97 Å². The molecule has 0 rings (SSSR count). The van der Waals surface area contributed by atoms with Crippen molar-refractivity contribution in [2.24, 2.45) is 23.7 Å². The number of rotatable bonds is 9. The molecule has 0 saturated heterocycles. The molecule has 3 heteroatoms. The summed E-state index contributed by atoms with van der Waals surface area (Å²) in [5, 5.41) is 3.15. The summed E-state index contributed by atoms with van der Waals surface area (Å²) in [7, 11) is 0. The van der Waals surface area contributed by atoms with Gasteiger partial charge in [-0.1, -0.05) is 47.6 Å². The smallest absolute Gasteiger partial charge is 0.308 e. The molecule has 0 saturated carbocycles. The Kier molecular flexibility index (Phi) is 9.35. The molecule has 0 spiro atoms. The maximum absolute atomic E-state index is 12.2. The van der Waals surface area contributed by atoms with Crippen LogP contribution in [0.25, 0.3) is 0 Å². The number of allylic oxidation sites excluding steroid dienone is 1. The zero-order valence-corrected chi connectivity index (χ0v) is 14.3. The van der Waals surface area contributed by atoms with E-state index < -0.39 is 0 Å². The summed E-state index contributed by atoms with van der Waals surface area (Å²) in [6.45, 7) is 15.5. The van der Waals surface area contributed by atoms with Crippen LogP contribution in [0.4, 0.5) is 0 Å². The van der Waals surface area contributed by atoms with Gasteiger partial charge in [0.25, 0.3) is 0 Å². The van der Waals surface area contributed by atoms with E-state index in [0.717, 1.165) is 13.0 Å². The summed E-state index contributed by atoms with van der Waals surface area (Å²) in [6.07, 6.45) is 4.91. The molecule has 0 heterocycles. The second-order valence-corrected chi connectivity index (χ2v) is 6.42. The fourth-order valence-corrected chi connectivity index (χ4v) is 2.37. The summed E-state index contributed by atoms with van der Waals surface area (Å²) in [5.74, 6) is 0.958. The van der Waals surface area contributed by atoms with E-state index in [4.69, 9.17) is 4.74 Å². The molecule has 0 aliphatic heterocycles. The number of hydrogen-bond donors (Lipinski definition) is 1. The van der Waals surface area contributed by atoms with Crippen molar-refractivity contribution in [1.82, 2.24) is 5.32 Å². The SMILES string of the molecule is CCN/C=C\C(C)CC(C)C(=O)OC(C(C)C)C(C)C. The second-order valence-electron chi connectivity index (χ2n) is 6.42. The van der Waals surface area contributed by atoms with Crippen molar-refractivity contribution in [3.05, 3.63) is 12.3 Å². The number of ether oxygens (including phenoxy) is 1. The number of carbonyl (C=O) groups is 1. The highest BCUT2D eigenvalue weighted by molar-refractivity contribution is 5.72. The fourth-order valence-electron chi connectivity index (χ4n) is 2.37. The lowest BCUT2D eigenvalue weighted by Gasteiger charge is -2.26. The molecule has 0 aliphatic rings. The van der Waals surface area contributed by atoms with Crippen molar-refractivity contribution in [2.75, 3.05) is 6.54 Å². The van der Waals surface area contributed by atoms with Crippen LogP contribution in [0.15, 0.2) is 12.3 Å². The number of hydrogen-bond acceptors (Lipinski definition) is 3. The molecule has 0 fully saturated rings. The van der Waals surface area contributed by atoms with Gasteiger partial charge in [0.15, 0.2) is 0 Å². The highest BCUT2D eigenvalue weighted by Crippen LogP contribution is 2.20. The van der Waals surface area contributed by atoms with Crippen LogP contribution in [0.2, 0.25) is 0 Å². The normalized spacial score (nSPS) is 15.1. The topological polar surface area (TPSA) is 38.3 Å². The van der Waals surface area contributed by atoms with Gasteiger partial charge < -0.3 is 10.1 Å². The van der Waals surface area contributed by atoms with E-state index in [-0.39, 0.29) is 18.0 Å². The predicted octanol–water partition coefficient (Wildman–Crippen LogP) is 4.00. The van der Waals surface area contributed by atoms with Gasteiger partial charge in [0.1, 0.15) is 6.10 Å². The van der Waals surface area contributed by atoms with Gasteiger partial charge >= 0.3 is 5.97 Å². The molecule has 0 radical (unpaired) electrons. The first kappa shape index (κ1) is 19.0. The minimum absolute atomic E-state index is 0.0116. The number of esters is 1. The number of carbonyl (C=O) groups excluding carboxylic acids is 1. The minimum atomic E-state index is -0.0684. The molecule has 1 N–H and O–H groups in total. The van der Waals surface area contributed by atoms with Crippen molar-refractivity contribution in [3.8, 4) is 0 Å². The van der Waals surface area contributed by atoms with Crippen LogP contribution in [0.1, 0.15) is 54.9 Å². The molecule has 0 aromatic rings. The highest BCUT2D eigenvalue weighted by Gasteiger charge is 2.25. The molecular formula is C17H33NO2. The second kappa shape index (κ2) is 9.84. The number of nitrogens with one attached hydrogen (secondary N) is 1. The lowest BCUT2D eigenvalue weighted by Crippen LogP contribution is -2.31.